The molecule has 0 saturated carbocycles. The molecule has 0 heterocycles. The van der Waals surface area contributed by atoms with E-state index in [-0.39, 0.29) is 24.0 Å². The summed E-state index contributed by atoms with van der Waals surface area (Å²) in [4.78, 5) is 4.19. The van der Waals surface area contributed by atoms with Crippen molar-refractivity contribution in [3.63, 3.8) is 0 Å². The number of halogens is 2. The normalized spacial score (nSPS) is 12.5. The van der Waals surface area contributed by atoms with Crippen LogP contribution in [0.4, 0.5) is 0 Å². The van der Waals surface area contributed by atoms with Crippen LogP contribution in [0.3, 0.4) is 0 Å². The first-order valence-corrected chi connectivity index (χ1v) is 6.75. The standard InChI is InChI=1S/C14H22ClN3.HI/c1-4-11(2)18-14(16-3)17-10-9-12-5-7-13(15)8-6-12;/h5-8,11H,4,9-10H2,1-3H3,(H2,16,17,18);1H. The number of guanidine groups is 1. The maximum Gasteiger partial charge on any atom is 0.191 e. The molecule has 1 atom stereocenters. The fourth-order valence-electron chi connectivity index (χ4n) is 1.51. The van der Waals surface area contributed by atoms with Gasteiger partial charge in [-0.3, -0.25) is 4.99 Å². The summed E-state index contributed by atoms with van der Waals surface area (Å²) in [6.45, 7) is 5.16. The van der Waals surface area contributed by atoms with Crippen LogP contribution >= 0.6 is 35.6 Å². The number of benzene rings is 1. The van der Waals surface area contributed by atoms with E-state index in [0.29, 0.717) is 6.04 Å². The summed E-state index contributed by atoms with van der Waals surface area (Å²) in [7, 11) is 1.79. The predicted octanol–water partition coefficient (Wildman–Crippen LogP) is 3.46. The SMILES string of the molecule is CCC(C)NC(=NC)NCCc1ccc(Cl)cc1.I. The van der Waals surface area contributed by atoms with Gasteiger partial charge in [0.25, 0.3) is 0 Å². The van der Waals surface area contributed by atoms with Crippen LogP contribution in [0.5, 0.6) is 0 Å². The van der Waals surface area contributed by atoms with Crippen LogP contribution in [0.15, 0.2) is 29.3 Å². The van der Waals surface area contributed by atoms with Gasteiger partial charge in [0, 0.05) is 24.7 Å². The van der Waals surface area contributed by atoms with Gasteiger partial charge in [-0.05, 0) is 37.5 Å². The fourth-order valence-corrected chi connectivity index (χ4v) is 1.63. The zero-order chi connectivity index (χ0) is 13.4. The second-order valence-electron chi connectivity index (χ2n) is 4.33. The minimum absolute atomic E-state index is 0. The van der Waals surface area contributed by atoms with Crippen LogP contribution in [0.1, 0.15) is 25.8 Å². The van der Waals surface area contributed by atoms with E-state index in [4.69, 9.17) is 11.6 Å². The van der Waals surface area contributed by atoms with Crippen molar-refractivity contribution in [2.45, 2.75) is 32.7 Å². The molecule has 1 rings (SSSR count). The molecule has 0 spiro atoms. The largest absolute Gasteiger partial charge is 0.356 e. The van der Waals surface area contributed by atoms with Crippen LogP contribution < -0.4 is 10.6 Å². The molecule has 0 fully saturated rings. The van der Waals surface area contributed by atoms with E-state index in [9.17, 15) is 0 Å². The smallest absolute Gasteiger partial charge is 0.191 e. The van der Waals surface area contributed by atoms with E-state index in [1.165, 1.54) is 5.56 Å². The Labute approximate surface area is 138 Å². The molecule has 0 amide bonds. The predicted molar refractivity (Wildman–Crippen MR) is 94.8 cm³/mol. The molecule has 19 heavy (non-hydrogen) atoms. The van der Waals surface area contributed by atoms with E-state index in [1.807, 2.05) is 12.1 Å². The minimum atomic E-state index is 0. The van der Waals surface area contributed by atoms with Crippen LogP contribution in [-0.4, -0.2) is 25.6 Å². The Balaban J connectivity index is 0.00000324. The maximum absolute atomic E-state index is 5.85. The average Bonchev–Trinajstić information content (AvgIpc) is 2.39. The highest BCUT2D eigenvalue weighted by Gasteiger charge is 2.02. The van der Waals surface area contributed by atoms with E-state index in [2.05, 4.69) is 41.6 Å². The van der Waals surface area contributed by atoms with Crippen molar-refractivity contribution in [3.05, 3.63) is 34.9 Å². The molecule has 1 aromatic rings. The topological polar surface area (TPSA) is 36.4 Å². The molecule has 0 saturated heterocycles. The van der Waals surface area contributed by atoms with Gasteiger partial charge in [0.1, 0.15) is 0 Å². The summed E-state index contributed by atoms with van der Waals surface area (Å²) >= 11 is 5.85. The van der Waals surface area contributed by atoms with Crippen LogP contribution in [0.25, 0.3) is 0 Å². The zero-order valence-electron chi connectivity index (χ0n) is 11.7. The zero-order valence-corrected chi connectivity index (χ0v) is 14.8. The number of nitrogens with one attached hydrogen (secondary N) is 2. The molecule has 0 aromatic heterocycles. The van der Waals surface area contributed by atoms with E-state index >= 15 is 0 Å². The molecule has 1 unspecified atom stereocenters. The van der Waals surface area contributed by atoms with E-state index in [0.717, 1.165) is 30.4 Å². The van der Waals surface area contributed by atoms with Gasteiger partial charge in [-0.15, -0.1) is 24.0 Å². The number of nitrogens with zero attached hydrogens (tertiary/aromatic N) is 1. The summed E-state index contributed by atoms with van der Waals surface area (Å²) < 4.78 is 0. The van der Waals surface area contributed by atoms with E-state index in [1.54, 1.807) is 7.05 Å². The van der Waals surface area contributed by atoms with Crippen molar-refractivity contribution in [2.75, 3.05) is 13.6 Å². The molecule has 0 aliphatic carbocycles. The lowest BCUT2D eigenvalue weighted by Crippen LogP contribution is -2.42. The molecule has 0 aliphatic rings. The molecule has 3 nitrogen and oxygen atoms in total. The first-order chi connectivity index (χ1) is 8.65. The molecule has 1 aromatic carbocycles. The second-order valence-corrected chi connectivity index (χ2v) is 4.77. The third kappa shape index (κ3) is 7.62. The summed E-state index contributed by atoms with van der Waals surface area (Å²) in [6, 6.07) is 8.38. The van der Waals surface area contributed by atoms with Crippen molar-refractivity contribution in [1.82, 2.24) is 10.6 Å². The minimum Gasteiger partial charge on any atom is -0.356 e. The van der Waals surface area contributed by atoms with Crippen LogP contribution in [0, 0.1) is 0 Å². The molecule has 0 aliphatic heterocycles. The van der Waals surface area contributed by atoms with Crippen molar-refractivity contribution < 1.29 is 0 Å². The lowest BCUT2D eigenvalue weighted by Gasteiger charge is -2.16. The fraction of sp³-hybridized carbons (Fsp3) is 0.500. The first-order valence-electron chi connectivity index (χ1n) is 6.37. The Morgan fingerprint density at radius 3 is 2.47 bits per heavy atom. The molecular formula is C14H23ClIN3. The number of hydrogen-bond donors (Lipinski definition) is 2. The number of aliphatic imine (C=N–C) groups is 1. The first kappa shape index (κ1) is 18.5. The highest BCUT2D eigenvalue weighted by atomic mass is 127. The van der Waals surface area contributed by atoms with Crippen molar-refractivity contribution in [2.24, 2.45) is 4.99 Å². The van der Waals surface area contributed by atoms with Crippen molar-refractivity contribution in [3.8, 4) is 0 Å². The monoisotopic (exact) mass is 395 g/mol. The van der Waals surface area contributed by atoms with Crippen molar-refractivity contribution >= 4 is 41.5 Å². The summed E-state index contributed by atoms with van der Waals surface area (Å²) in [5.74, 6) is 0.860. The summed E-state index contributed by atoms with van der Waals surface area (Å²) in [5, 5.41) is 7.41. The lowest BCUT2D eigenvalue weighted by molar-refractivity contribution is 0.624. The summed E-state index contributed by atoms with van der Waals surface area (Å²) in [5.41, 5.74) is 1.27. The van der Waals surface area contributed by atoms with Crippen LogP contribution in [0.2, 0.25) is 5.02 Å². The maximum atomic E-state index is 5.85. The lowest BCUT2D eigenvalue weighted by atomic mass is 10.1. The van der Waals surface area contributed by atoms with Gasteiger partial charge < -0.3 is 10.6 Å². The Morgan fingerprint density at radius 1 is 1.32 bits per heavy atom. The number of rotatable bonds is 5. The third-order valence-electron chi connectivity index (χ3n) is 2.84. The van der Waals surface area contributed by atoms with Crippen molar-refractivity contribution in [1.29, 1.82) is 0 Å². The Bertz CT molecular complexity index is 379. The third-order valence-corrected chi connectivity index (χ3v) is 3.09. The highest BCUT2D eigenvalue weighted by molar-refractivity contribution is 14.0. The van der Waals surface area contributed by atoms with Gasteiger partial charge in [0.15, 0.2) is 5.96 Å². The second kappa shape index (κ2) is 10.3. The Morgan fingerprint density at radius 2 is 1.95 bits per heavy atom. The Hall–Kier alpha value is -0.490. The molecule has 108 valence electrons. The molecule has 2 N–H and O–H groups in total. The summed E-state index contributed by atoms with van der Waals surface area (Å²) in [6.07, 6.45) is 2.04. The molecule has 0 radical (unpaired) electrons. The molecule has 0 bridgehead atoms. The van der Waals surface area contributed by atoms with Gasteiger partial charge in [-0.2, -0.15) is 0 Å². The molecule has 5 heteroatoms. The Kier molecular flexibility index (Phi) is 10.0. The average molecular weight is 396 g/mol. The van der Waals surface area contributed by atoms with E-state index < -0.39 is 0 Å². The quantitative estimate of drug-likeness (QED) is 0.455. The van der Waals surface area contributed by atoms with Crippen LogP contribution in [-0.2, 0) is 6.42 Å². The van der Waals surface area contributed by atoms with Gasteiger partial charge in [0.05, 0.1) is 0 Å². The molecular weight excluding hydrogens is 373 g/mol. The number of hydrogen-bond acceptors (Lipinski definition) is 1. The highest BCUT2D eigenvalue weighted by Crippen LogP contribution is 2.09. The van der Waals surface area contributed by atoms with Gasteiger partial charge in [0.2, 0.25) is 0 Å². The van der Waals surface area contributed by atoms with Gasteiger partial charge in [-0.25, -0.2) is 0 Å². The van der Waals surface area contributed by atoms with Gasteiger partial charge in [-0.1, -0.05) is 30.7 Å². The van der Waals surface area contributed by atoms with Gasteiger partial charge >= 0.3 is 0 Å².